The Morgan fingerprint density at radius 2 is 1.80 bits per heavy atom. The SMILES string of the molecule is Cc1ccc(OCC(=O)N/N=C/c2cc(N=Nc3cccc(Br)c3)ccc2O)cc1. The molecule has 30 heavy (non-hydrogen) atoms. The van der Waals surface area contributed by atoms with E-state index in [0.717, 1.165) is 10.0 Å². The van der Waals surface area contributed by atoms with Crippen molar-refractivity contribution in [2.75, 3.05) is 6.61 Å². The number of amides is 1. The molecule has 152 valence electrons. The lowest BCUT2D eigenvalue weighted by Gasteiger charge is -2.05. The molecule has 0 saturated carbocycles. The van der Waals surface area contributed by atoms with E-state index in [1.54, 1.807) is 24.3 Å². The van der Waals surface area contributed by atoms with Crippen molar-refractivity contribution in [1.82, 2.24) is 5.43 Å². The molecule has 3 aromatic rings. The van der Waals surface area contributed by atoms with Crippen molar-refractivity contribution in [3.63, 3.8) is 0 Å². The summed E-state index contributed by atoms with van der Waals surface area (Å²) in [4.78, 5) is 11.9. The van der Waals surface area contributed by atoms with Gasteiger partial charge >= 0.3 is 0 Å². The van der Waals surface area contributed by atoms with Crippen LogP contribution in [-0.2, 0) is 4.79 Å². The van der Waals surface area contributed by atoms with Crippen molar-refractivity contribution in [1.29, 1.82) is 0 Å². The highest BCUT2D eigenvalue weighted by Crippen LogP contribution is 2.25. The van der Waals surface area contributed by atoms with E-state index in [4.69, 9.17) is 4.74 Å². The zero-order valence-corrected chi connectivity index (χ0v) is 17.7. The molecule has 0 atom stereocenters. The Labute approximate surface area is 182 Å². The Bertz CT molecular complexity index is 1080. The minimum absolute atomic E-state index is 0.00492. The molecule has 0 bridgehead atoms. The van der Waals surface area contributed by atoms with Crippen LogP contribution in [0.15, 0.2) is 86.5 Å². The maximum atomic E-state index is 11.9. The molecule has 0 heterocycles. The van der Waals surface area contributed by atoms with Gasteiger partial charge in [-0.1, -0.05) is 39.7 Å². The Morgan fingerprint density at radius 1 is 1.07 bits per heavy atom. The molecule has 0 aromatic heterocycles. The second-order valence-corrected chi connectivity index (χ2v) is 7.23. The van der Waals surface area contributed by atoms with Crippen molar-refractivity contribution in [2.24, 2.45) is 15.3 Å². The third-order valence-corrected chi connectivity index (χ3v) is 4.38. The van der Waals surface area contributed by atoms with Crippen molar-refractivity contribution >= 4 is 39.4 Å². The summed E-state index contributed by atoms with van der Waals surface area (Å²) in [6.07, 6.45) is 1.33. The van der Waals surface area contributed by atoms with Crippen molar-refractivity contribution in [2.45, 2.75) is 6.92 Å². The zero-order chi connectivity index (χ0) is 21.3. The van der Waals surface area contributed by atoms with Crippen LogP contribution in [0.4, 0.5) is 11.4 Å². The lowest BCUT2D eigenvalue weighted by Crippen LogP contribution is -2.24. The molecular formula is C22H19BrN4O3. The van der Waals surface area contributed by atoms with Gasteiger partial charge in [0, 0.05) is 10.0 Å². The number of phenols is 1. The van der Waals surface area contributed by atoms with Crippen LogP contribution >= 0.6 is 15.9 Å². The molecular weight excluding hydrogens is 448 g/mol. The molecule has 0 unspecified atom stereocenters. The Balaban J connectivity index is 1.57. The van der Waals surface area contributed by atoms with Gasteiger partial charge in [-0.2, -0.15) is 15.3 Å². The second kappa shape index (κ2) is 10.3. The predicted octanol–water partition coefficient (Wildman–Crippen LogP) is 5.41. The van der Waals surface area contributed by atoms with Gasteiger partial charge in [-0.3, -0.25) is 4.79 Å². The highest BCUT2D eigenvalue weighted by Gasteiger charge is 2.03. The van der Waals surface area contributed by atoms with E-state index in [9.17, 15) is 9.90 Å². The smallest absolute Gasteiger partial charge is 0.277 e. The summed E-state index contributed by atoms with van der Waals surface area (Å²) in [5.74, 6) is 0.183. The van der Waals surface area contributed by atoms with E-state index in [2.05, 4.69) is 36.7 Å². The molecule has 3 aromatic carbocycles. The van der Waals surface area contributed by atoms with E-state index in [1.807, 2.05) is 43.3 Å². The third-order valence-electron chi connectivity index (χ3n) is 3.88. The Kier molecular flexibility index (Phi) is 7.29. The molecule has 0 spiro atoms. The normalized spacial score (nSPS) is 11.1. The number of nitrogens with zero attached hydrogens (tertiary/aromatic N) is 3. The zero-order valence-electron chi connectivity index (χ0n) is 16.1. The molecule has 0 aliphatic rings. The van der Waals surface area contributed by atoms with E-state index >= 15 is 0 Å². The number of hydrogen-bond donors (Lipinski definition) is 2. The topological polar surface area (TPSA) is 95.6 Å². The van der Waals surface area contributed by atoms with Crippen LogP contribution < -0.4 is 10.2 Å². The number of hydrogen-bond acceptors (Lipinski definition) is 6. The van der Waals surface area contributed by atoms with E-state index in [0.29, 0.717) is 22.7 Å². The molecule has 7 nitrogen and oxygen atoms in total. The number of rotatable bonds is 7. The molecule has 3 rings (SSSR count). The number of hydrazone groups is 1. The van der Waals surface area contributed by atoms with Gasteiger partial charge in [-0.05, 0) is 55.5 Å². The summed E-state index contributed by atoms with van der Waals surface area (Å²) in [6.45, 7) is 1.80. The average Bonchev–Trinajstić information content (AvgIpc) is 2.74. The van der Waals surface area contributed by atoms with Gasteiger partial charge in [0.05, 0.1) is 17.6 Å². The molecule has 2 N–H and O–H groups in total. The number of aryl methyl sites for hydroxylation is 1. The van der Waals surface area contributed by atoms with Crippen LogP contribution in [0.5, 0.6) is 11.5 Å². The van der Waals surface area contributed by atoms with E-state index < -0.39 is 5.91 Å². The van der Waals surface area contributed by atoms with Crippen LogP contribution in [0.1, 0.15) is 11.1 Å². The van der Waals surface area contributed by atoms with Gasteiger partial charge in [0.2, 0.25) is 0 Å². The van der Waals surface area contributed by atoms with Gasteiger partial charge in [0.25, 0.3) is 5.91 Å². The minimum Gasteiger partial charge on any atom is -0.507 e. The Hall–Kier alpha value is -3.52. The van der Waals surface area contributed by atoms with Crippen LogP contribution in [0.3, 0.4) is 0 Å². The van der Waals surface area contributed by atoms with Crippen LogP contribution in [0.2, 0.25) is 0 Å². The molecule has 0 radical (unpaired) electrons. The number of azo groups is 1. The number of aromatic hydroxyl groups is 1. The van der Waals surface area contributed by atoms with Crippen molar-refractivity contribution in [3.05, 3.63) is 82.3 Å². The lowest BCUT2D eigenvalue weighted by atomic mass is 10.2. The quantitative estimate of drug-likeness (QED) is 0.276. The van der Waals surface area contributed by atoms with Crippen molar-refractivity contribution in [3.8, 4) is 11.5 Å². The fraction of sp³-hybridized carbons (Fsp3) is 0.0909. The minimum atomic E-state index is -0.420. The summed E-state index contributed by atoms with van der Waals surface area (Å²) < 4.78 is 6.29. The van der Waals surface area contributed by atoms with Crippen LogP contribution in [-0.4, -0.2) is 23.8 Å². The number of phenolic OH excluding ortho intramolecular Hbond substituents is 1. The number of carbonyl (C=O) groups is 1. The maximum Gasteiger partial charge on any atom is 0.277 e. The number of carbonyl (C=O) groups excluding carboxylic acids is 1. The largest absolute Gasteiger partial charge is 0.507 e. The predicted molar refractivity (Wildman–Crippen MR) is 119 cm³/mol. The first-order chi connectivity index (χ1) is 14.5. The summed E-state index contributed by atoms with van der Waals surface area (Å²) in [5.41, 5.74) is 5.07. The Morgan fingerprint density at radius 3 is 2.53 bits per heavy atom. The second-order valence-electron chi connectivity index (χ2n) is 6.32. The standard InChI is InChI=1S/C22H19BrN4O3/c1-15-5-8-20(9-6-15)30-14-22(29)27-24-13-16-11-19(7-10-21(16)28)26-25-18-4-2-3-17(23)12-18/h2-13,28H,14H2,1H3,(H,27,29)/b24-13+,26-25?. The number of nitrogens with one attached hydrogen (secondary N) is 1. The number of benzene rings is 3. The first-order valence-corrected chi connectivity index (χ1v) is 9.80. The summed E-state index contributed by atoms with van der Waals surface area (Å²) in [5, 5.41) is 22.2. The van der Waals surface area contributed by atoms with Crippen molar-refractivity contribution < 1.29 is 14.6 Å². The van der Waals surface area contributed by atoms with Gasteiger partial charge in [0.15, 0.2) is 6.61 Å². The van der Waals surface area contributed by atoms with Gasteiger partial charge < -0.3 is 9.84 Å². The average molecular weight is 467 g/mol. The first-order valence-electron chi connectivity index (χ1n) is 9.01. The fourth-order valence-corrected chi connectivity index (χ4v) is 2.74. The summed E-state index contributed by atoms with van der Waals surface area (Å²) in [7, 11) is 0. The lowest BCUT2D eigenvalue weighted by molar-refractivity contribution is -0.123. The highest BCUT2D eigenvalue weighted by atomic mass is 79.9. The molecule has 1 amide bonds. The van der Waals surface area contributed by atoms with Gasteiger partial charge in [-0.25, -0.2) is 5.43 Å². The number of halogens is 1. The fourth-order valence-electron chi connectivity index (χ4n) is 2.35. The summed E-state index contributed by atoms with van der Waals surface area (Å²) >= 11 is 3.38. The first kappa shape index (κ1) is 21.2. The molecule has 0 saturated heterocycles. The number of ether oxygens (including phenoxy) is 1. The highest BCUT2D eigenvalue weighted by molar-refractivity contribution is 9.10. The van der Waals surface area contributed by atoms with Gasteiger partial charge in [-0.15, -0.1) is 0 Å². The van der Waals surface area contributed by atoms with Gasteiger partial charge in [0.1, 0.15) is 11.5 Å². The monoisotopic (exact) mass is 466 g/mol. The summed E-state index contributed by atoms with van der Waals surface area (Å²) in [6, 6.07) is 19.5. The third kappa shape index (κ3) is 6.52. The van der Waals surface area contributed by atoms with E-state index in [1.165, 1.54) is 12.3 Å². The van der Waals surface area contributed by atoms with Crippen LogP contribution in [0, 0.1) is 6.92 Å². The van der Waals surface area contributed by atoms with Crippen LogP contribution in [0.25, 0.3) is 0 Å². The molecule has 8 heteroatoms. The maximum absolute atomic E-state index is 11.9. The molecule has 0 aliphatic heterocycles. The van der Waals surface area contributed by atoms with E-state index in [-0.39, 0.29) is 12.4 Å². The molecule has 0 fully saturated rings. The molecule has 0 aliphatic carbocycles.